The van der Waals surface area contributed by atoms with Crippen LogP contribution in [0.1, 0.15) is 5.56 Å². The van der Waals surface area contributed by atoms with Crippen molar-refractivity contribution in [2.24, 2.45) is 0 Å². The quantitative estimate of drug-likeness (QED) is 0.226. The Bertz CT molecular complexity index is 1430. The molecule has 7 nitrogen and oxygen atoms in total. The Hall–Kier alpha value is -4.65. The normalized spacial score (nSPS) is 10.8. The Morgan fingerprint density at radius 2 is 1.76 bits per heavy atom. The van der Waals surface area contributed by atoms with Gasteiger partial charge in [0.25, 0.3) is 5.69 Å². The Labute approximate surface area is 189 Å². The number of nitrogens with one attached hydrogen (secondary N) is 2. The largest absolute Gasteiger partial charge is 0.472 e. The minimum absolute atomic E-state index is 0.00353. The van der Waals surface area contributed by atoms with Gasteiger partial charge in [0.2, 0.25) is 5.88 Å². The summed E-state index contributed by atoms with van der Waals surface area (Å²) in [5.41, 5.74) is 4.80. The highest BCUT2D eigenvalue weighted by Crippen LogP contribution is 2.37. The first-order valence-corrected chi connectivity index (χ1v) is 10.4. The molecule has 7 heteroatoms. The van der Waals surface area contributed by atoms with Crippen molar-refractivity contribution in [3.8, 4) is 17.0 Å². The molecule has 5 rings (SSSR count). The first kappa shape index (κ1) is 20.3. The lowest BCUT2D eigenvalue weighted by atomic mass is 10.0. The number of anilines is 2. The number of nitrogens with zero attached hydrogens (tertiary/aromatic N) is 2. The second kappa shape index (κ2) is 8.84. The van der Waals surface area contributed by atoms with Crippen LogP contribution in [0.25, 0.3) is 22.0 Å². The number of nitro groups is 1. The molecule has 0 aliphatic heterocycles. The first-order chi connectivity index (χ1) is 16.2. The predicted octanol–water partition coefficient (Wildman–Crippen LogP) is 6.46. The van der Waals surface area contributed by atoms with E-state index in [-0.39, 0.29) is 5.69 Å². The maximum Gasteiger partial charge on any atom is 0.292 e. The highest BCUT2D eigenvalue weighted by Gasteiger charge is 2.16. The molecule has 162 valence electrons. The van der Waals surface area contributed by atoms with Gasteiger partial charge in [0.05, 0.1) is 16.8 Å². The van der Waals surface area contributed by atoms with Crippen LogP contribution >= 0.6 is 0 Å². The summed E-state index contributed by atoms with van der Waals surface area (Å²) in [6, 6.07) is 26.3. The number of H-pyrrole nitrogens is 1. The Morgan fingerprint density at radius 3 is 2.61 bits per heavy atom. The molecule has 0 spiro atoms. The third kappa shape index (κ3) is 4.24. The van der Waals surface area contributed by atoms with Crippen molar-refractivity contribution in [2.45, 2.75) is 6.61 Å². The minimum Gasteiger partial charge on any atom is -0.472 e. The fourth-order valence-corrected chi connectivity index (χ4v) is 3.77. The van der Waals surface area contributed by atoms with Gasteiger partial charge in [-0.15, -0.1) is 0 Å². The highest BCUT2D eigenvalue weighted by atomic mass is 16.6. The Kier molecular flexibility index (Phi) is 5.43. The van der Waals surface area contributed by atoms with E-state index in [0.29, 0.717) is 23.9 Å². The van der Waals surface area contributed by atoms with Crippen LogP contribution in [0.4, 0.5) is 17.1 Å². The minimum atomic E-state index is -0.408. The van der Waals surface area contributed by atoms with Crippen molar-refractivity contribution < 1.29 is 9.66 Å². The molecule has 0 atom stereocenters. The maximum atomic E-state index is 11.4. The van der Waals surface area contributed by atoms with Crippen LogP contribution in [-0.4, -0.2) is 14.9 Å². The summed E-state index contributed by atoms with van der Waals surface area (Å²) in [5, 5.41) is 15.6. The number of ether oxygens (including phenoxy) is 1. The lowest BCUT2D eigenvalue weighted by Crippen LogP contribution is -2.01. The number of para-hydroxylation sites is 2. The molecular weight excluding hydrogens is 416 g/mol. The van der Waals surface area contributed by atoms with Gasteiger partial charge in [-0.2, -0.15) is 0 Å². The lowest BCUT2D eigenvalue weighted by molar-refractivity contribution is -0.383. The molecule has 0 fully saturated rings. The second-order valence-electron chi connectivity index (χ2n) is 7.49. The van der Waals surface area contributed by atoms with Gasteiger partial charge in [-0.05, 0) is 35.4 Å². The first-order valence-electron chi connectivity index (χ1n) is 10.4. The van der Waals surface area contributed by atoms with E-state index in [4.69, 9.17) is 4.74 Å². The fourth-order valence-electron chi connectivity index (χ4n) is 3.77. The van der Waals surface area contributed by atoms with Crippen LogP contribution in [-0.2, 0) is 6.61 Å². The average Bonchev–Trinajstić information content (AvgIpc) is 3.33. The molecule has 0 bridgehead atoms. The molecule has 2 aromatic heterocycles. The maximum absolute atomic E-state index is 11.4. The van der Waals surface area contributed by atoms with E-state index in [1.165, 1.54) is 6.07 Å². The molecule has 0 saturated heterocycles. The van der Waals surface area contributed by atoms with E-state index in [2.05, 4.69) is 15.3 Å². The van der Waals surface area contributed by atoms with Crippen LogP contribution in [0.5, 0.6) is 5.88 Å². The zero-order valence-electron chi connectivity index (χ0n) is 17.6. The monoisotopic (exact) mass is 436 g/mol. The summed E-state index contributed by atoms with van der Waals surface area (Å²) in [7, 11) is 0. The fraction of sp³-hybridized carbons (Fsp3) is 0.0385. The Morgan fingerprint density at radius 1 is 0.939 bits per heavy atom. The highest BCUT2D eigenvalue weighted by molar-refractivity contribution is 5.97. The zero-order valence-corrected chi connectivity index (χ0v) is 17.6. The van der Waals surface area contributed by atoms with Gasteiger partial charge in [-0.3, -0.25) is 10.1 Å². The standard InChI is InChI=1S/C26H20N4O3/c31-30(32)25-12-5-4-10-24(25)29-19-15-22(20-9-6-11-23-21(20)13-14-27-23)26(28-16-19)33-17-18-7-2-1-3-8-18/h1-16,27,29H,17H2. The number of fused-ring (bicyclic) bond motifs is 1. The van der Waals surface area contributed by atoms with E-state index in [9.17, 15) is 10.1 Å². The van der Waals surface area contributed by atoms with Gasteiger partial charge in [0.1, 0.15) is 12.3 Å². The average molecular weight is 436 g/mol. The van der Waals surface area contributed by atoms with Gasteiger partial charge in [-0.25, -0.2) is 4.98 Å². The van der Waals surface area contributed by atoms with E-state index in [1.54, 1.807) is 24.4 Å². The number of aromatic amines is 1. The molecule has 2 heterocycles. The lowest BCUT2D eigenvalue weighted by Gasteiger charge is -2.14. The topological polar surface area (TPSA) is 93.1 Å². The smallest absolute Gasteiger partial charge is 0.292 e. The summed E-state index contributed by atoms with van der Waals surface area (Å²) < 4.78 is 6.11. The van der Waals surface area contributed by atoms with Gasteiger partial charge in [0.15, 0.2) is 0 Å². The van der Waals surface area contributed by atoms with Crippen molar-refractivity contribution in [2.75, 3.05) is 5.32 Å². The molecule has 0 amide bonds. The number of rotatable bonds is 7. The van der Waals surface area contributed by atoms with Gasteiger partial charge < -0.3 is 15.0 Å². The second-order valence-corrected chi connectivity index (χ2v) is 7.49. The van der Waals surface area contributed by atoms with E-state index < -0.39 is 4.92 Å². The summed E-state index contributed by atoms with van der Waals surface area (Å²) in [4.78, 5) is 18.8. The summed E-state index contributed by atoms with van der Waals surface area (Å²) in [6.07, 6.45) is 3.51. The zero-order chi connectivity index (χ0) is 22.6. The number of hydrogen-bond acceptors (Lipinski definition) is 5. The Balaban J connectivity index is 1.56. The molecule has 2 N–H and O–H groups in total. The molecule has 5 aromatic rings. The summed E-state index contributed by atoms with van der Waals surface area (Å²) in [6.45, 7) is 0.376. The van der Waals surface area contributed by atoms with E-state index >= 15 is 0 Å². The molecule has 0 radical (unpaired) electrons. The summed E-state index contributed by atoms with van der Waals surface area (Å²) >= 11 is 0. The molecule has 0 aliphatic carbocycles. The van der Waals surface area contributed by atoms with Crippen LogP contribution < -0.4 is 10.1 Å². The van der Waals surface area contributed by atoms with Crippen LogP contribution in [0.2, 0.25) is 0 Å². The van der Waals surface area contributed by atoms with Crippen molar-refractivity contribution in [1.29, 1.82) is 0 Å². The number of pyridine rings is 1. The number of aromatic nitrogens is 2. The number of nitro benzene ring substituents is 1. The molecule has 0 saturated carbocycles. The van der Waals surface area contributed by atoms with E-state index in [1.807, 2.05) is 66.9 Å². The molecule has 0 unspecified atom stereocenters. The van der Waals surface area contributed by atoms with Crippen molar-refractivity contribution in [3.63, 3.8) is 0 Å². The number of hydrogen-bond donors (Lipinski definition) is 2. The molecular formula is C26H20N4O3. The number of benzene rings is 3. The van der Waals surface area contributed by atoms with E-state index in [0.717, 1.165) is 27.6 Å². The van der Waals surface area contributed by atoms with Crippen LogP contribution in [0, 0.1) is 10.1 Å². The van der Waals surface area contributed by atoms with Crippen LogP contribution in [0.15, 0.2) is 97.3 Å². The van der Waals surface area contributed by atoms with Gasteiger partial charge in [-0.1, -0.05) is 54.6 Å². The van der Waals surface area contributed by atoms with Crippen molar-refractivity contribution >= 4 is 28.0 Å². The summed E-state index contributed by atoms with van der Waals surface area (Å²) in [5.74, 6) is 0.487. The SMILES string of the molecule is O=[N+]([O-])c1ccccc1Nc1cnc(OCc2ccccc2)c(-c2cccc3[nH]ccc23)c1. The predicted molar refractivity (Wildman–Crippen MR) is 129 cm³/mol. The third-order valence-electron chi connectivity index (χ3n) is 5.33. The van der Waals surface area contributed by atoms with Crippen molar-refractivity contribution in [1.82, 2.24) is 9.97 Å². The molecule has 33 heavy (non-hydrogen) atoms. The van der Waals surface area contributed by atoms with Gasteiger partial charge in [0, 0.05) is 28.7 Å². The third-order valence-corrected chi connectivity index (χ3v) is 5.33. The van der Waals surface area contributed by atoms with Crippen LogP contribution in [0.3, 0.4) is 0 Å². The van der Waals surface area contributed by atoms with Crippen molar-refractivity contribution in [3.05, 3.63) is 113 Å². The molecule has 3 aromatic carbocycles. The molecule has 0 aliphatic rings. The van der Waals surface area contributed by atoms with Gasteiger partial charge >= 0.3 is 0 Å².